The molecule has 87 heavy (non-hydrogen) atoms. The highest BCUT2D eigenvalue weighted by Crippen LogP contribution is 2.42. The fourth-order valence-electron chi connectivity index (χ4n) is 12.3. The van der Waals surface area contributed by atoms with Gasteiger partial charge in [-0.05, 0) is 74.5 Å². The van der Waals surface area contributed by atoms with Gasteiger partial charge < -0.3 is 37.6 Å². The van der Waals surface area contributed by atoms with Crippen LogP contribution in [0.4, 0.5) is 0 Å². The minimum atomic E-state index is -2.47. The maximum absolute atomic E-state index is 7.54. The first-order valence-electron chi connectivity index (χ1n) is 32.2. The first-order chi connectivity index (χ1) is 42.8. The predicted molar refractivity (Wildman–Crippen MR) is 355 cm³/mol. The Hall–Kier alpha value is -6.34. The van der Waals surface area contributed by atoms with Gasteiger partial charge in [0.1, 0.15) is 30.0 Å². The summed E-state index contributed by atoms with van der Waals surface area (Å²) in [7, 11) is -2.47. The molecular weight excluding hydrogens is 1090 g/mol. The van der Waals surface area contributed by atoms with E-state index < -0.39 is 44.6 Å². The predicted octanol–water partition coefficient (Wildman–Crippen LogP) is 16.8. The van der Waals surface area contributed by atoms with Crippen molar-refractivity contribution in [3.05, 3.63) is 276 Å². The van der Waals surface area contributed by atoms with Gasteiger partial charge in [0.2, 0.25) is 0 Å². The first-order valence-corrected chi connectivity index (χ1v) is 34.1. The molecule has 1 heterocycles. The van der Waals surface area contributed by atoms with Crippen molar-refractivity contribution < 1.29 is 37.6 Å². The molecule has 0 N–H and O–H groups in total. The molecule has 458 valence electrons. The van der Waals surface area contributed by atoms with Crippen LogP contribution in [0.5, 0.6) is 0 Å². The molecule has 1 aliphatic heterocycles. The Morgan fingerprint density at radius 3 is 1.08 bits per heavy atom. The fraction of sp³-hybridized carbons (Fsp3) is 0.385. The van der Waals surface area contributed by atoms with E-state index in [1.54, 1.807) is 0 Å². The van der Waals surface area contributed by atoms with Gasteiger partial charge in [-0.15, -0.1) is 0 Å². The second-order valence-corrected chi connectivity index (χ2v) is 28.5. The minimum Gasteiger partial charge on any atom is -0.407 e. The summed E-state index contributed by atoms with van der Waals surface area (Å²) in [5.41, 5.74) is 5.16. The lowest BCUT2D eigenvalue weighted by Gasteiger charge is -2.47. The van der Waals surface area contributed by atoms with Gasteiger partial charge in [-0.2, -0.15) is 0 Å². The molecule has 0 saturated carbocycles. The number of hydrogen-bond acceptors (Lipinski definition) is 8. The molecule has 0 spiro atoms. The van der Waals surface area contributed by atoms with Gasteiger partial charge in [0, 0.05) is 26.4 Å². The van der Waals surface area contributed by atoms with Crippen molar-refractivity contribution in [1.29, 1.82) is 0 Å². The van der Waals surface area contributed by atoms with Crippen molar-refractivity contribution in [2.24, 2.45) is 0 Å². The molecule has 9 heteroatoms. The van der Waals surface area contributed by atoms with Gasteiger partial charge in [-0.3, -0.25) is 0 Å². The number of benzene rings is 8. The second-order valence-electron chi connectivity index (χ2n) is 24.2. The van der Waals surface area contributed by atoms with Crippen LogP contribution < -0.4 is 10.4 Å². The van der Waals surface area contributed by atoms with E-state index in [0.717, 1.165) is 105 Å². The lowest BCUT2D eigenvalue weighted by atomic mass is 9.80. The monoisotopic (exact) mass is 1190 g/mol. The molecule has 0 bridgehead atoms. The number of ether oxygens (including phenoxy) is 7. The van der Waals surface area contributed by atoms with Crippen LogP contribution >= 0.6 is 0 Å². The third-order valence-corrected chi connectivity index (χ3v) is 21.9. The molecule has 0 amide bonds. The van der Waals surface area contributed by atoms with Crippen molar-refractivity contribution in [2.45, 2.75) is 159 Å². The van der Waals surface area contributed by atoms with Crippen molar-refractivity contribution in [2.75, 3.05) is 33.0 Å². The van der Waals surface area contributed by atoms with Crippen LogP contribution in [-0.2, 0) is 63.0 Å². The second kappa shape index (κ2) is 35.0. The van der Waals surface area contributed by atoms with Crippen LogP contribution in [0.1, 0.15) is 131 Å². The first kappa shape index (κ1) is 65.1. The molecule has 0 aromatic heterocycles. The summed E-state index contributed by atoms with van der Waals surface area (Å²) in [5, 5.41) is 2.71. The van der Waals surface area contributed by atoms with E-state index in [2.05, 4.69) is 191 Å². The van der Waals surface area contributed by atoms with Gasteiger partial charge in [0.15, 0.2) is 6.29 Å². The van der Waals surface area contributed by atoms with Crippen molar-refractivity contribution >= 4 is 18.7 Å². The van der Waals surface area contributed by atoms with Crippen LogP contribution in [0.15, 0.2) is 243 Å². The average molecular weight is 1190 g/mol. The van der Waals surface area contributed by atoms with Gasteiger partial charge >= 0.3 is 0 Å². The van der Waals surface area contributed by atoms with E-state index in [1.807, 2.05) is 72.8 Å². The number of unbranched alkanes of at least 4 members (excludes halogenated alkanes) is 10. The van der Waals surface area contributed by atoms with Gasteiger partial charge in [0.05, 0.1) is 26.4 Å². The van der Waals surface area contributed by atoms with E-state index in [0.29, 0.717) is 26.4 Å². The number of rotatable bonds is 37. The maximum Gasteiger partial charge on any atom is 0.261 e. The molecule has 0 radical (unpaired) electrons. The Labute approximate surface area is 521 Å². The summed E-state index contributed by atoms with van der Waals surface area (Å²) in [6.07, 6.45) is 10.2. The van der Waals surface area contributed by atoms with Crippen LogP contribution in [0.25, 0.3) is 0 Å². The smallest absolute Gasteiger partial charge is 0.261 e. The Kier molecular flexibility index (Phi) is 26.2. The SMILES string of the molecule is CC(C)(C)[Si](OCCCCCCCCOCCCCCCCCO[C@@H]1O[C@H](COC(c2ccccc2)(c2ccccc2)c2ccccc2)[C@@H](OCc2ccccc2)[C@H](OCc2ccccc2)[C@H]1OCc1ccccc1)(c1ccccc1)c1ccccc1. The Morgan fingerprint density at radius 1 is 0.345 bits per heavy atom. The van der Waals surface area contributed by atoms with E-state index in [4.69, 9.17) is 37.6 Å². The maximum atomic E-state index is 7.54. The van der Waals surface area contributed by atoms with Crippen molar-refractivity contribution in [3.63, 3.8) is 0 Å². The third-order valence-electron chi connectivity index (χ3n) is 16.8. The summed E-state index contributed by atoms with van der Waals surface area (Å²) in [6, 6.07) is 84.2. The van der Waals surface area contributed by atoms with Crippen LogP contribution in [0.3, 0.4) is 0 Å². The van der Waals surface area contributed by atoms with Crippen molar-refractivity contribution in [1.82, 2.24) is 0 Å². The summed E-state index contributed by atoms with van der Waals surface area (Å²) in [4.78, 5) is 0. The van der Waals surface area contributed by atoms with Gasteiger partial charge in [0.25, 0.3) is 8.32 Å². The molecule has 5 atom stereocenters. The van der Waals surface area contributed by atoms with Crippen LogP contribution in [0.2, 0.25) is 5.04 Å². The van der Waals surface area contributed by atoms with Crippen LogP contribution in [0, 0.1) is 0 Å². The number of hydrogen-bond donors (Lipinski definition) is 0. The molecule has 8 nitrogen and oxygen atoms in total. The Balaban J connectivity index is 0.783. The largest absolute Gasteiger partial charge is 0.407 e. The molecule has 8 aromatic rings. The summed E-state index contributed by atoms with van der Waals surface area (Å²) in [6.45, 7) is 11.2. The summed E-state index contributed by atoms with van der Waals surface area (Å²) >= 11 is 0. The lowest BCUT2D eigenvalue weighted by molar-refractivity contribution is -0.330. The zero-order valence-electron chi connectivity index (χ0n) is 51.9. The minimum absolute atomic E-state index is 0.00656. The van der Waals surface area contributed by atoms with E-state index in [-0.39, 0.29) is 11.6 Å². The molecular formula is C78H94O8Si. The lowest BCUT2D eigenvalue weighted by Crippen LogP contribution is -2.66. The molecule has 9 rings (SSSR count). The zero-order valence-corrected chi connectivity index (χ0v) is 52.9. The molecule has 8 aromatic carbocycles. The topological polar surface area (TPSA) is 73.8 Å². The molecule has 1 fully saturated rings. The van der Waals surface area contributed by atoms with E-state index in [1.165, 1.54) is 36.1 Å². The summed E-state index contributed by atoms with van der Waals surface area (Å²) in [5.74, 6) is 0. The standard InChI is InChI=1S/C78H94O8Si/c1-77(2,3)87(70-52-32-18-33-53-70,71-54-34-19-35-55-71)85-59-39-11-7-5-9-37-57-79-56-36-8-4-6-10-38-58-80-76-75(83-62-66-44-24-14-25-45-66)74(82-61-65-42-22-13-23-43-65)73(81-60-64-40-20-12-21-41-64)72(86-76)63-84-78(67-46-26-15-27-47-67,68-48-28-16-29-49-68)69-50-30-17-31-51-69/h12-35,40-55,72-76H,4-11,36-39,56-63H2,1-3H3/t72-,73-,74+,75-,76-/m1/s1. The molecule has 0 aliphatic carbocycles. The third kappa shape index (κ3) is 18.6. The Bertz CT molecular complexity index is 2930. The highest BCUT2D eigenvalue weighted by molar-refractivity contribution is 6.99. The van der Waals surface area contributed by atoms with E-state index >= 15 is 0 Å². The van der Waals surface area contributed by atoms with E-state index in [9.17, 15) is 0 Å². The van der Waals surface area contributed by atoms with Gasteiger partial charge in [-0.25, -0.2) is 0 Å². The van der Waals surface area contributed by atoms with Gasteiger partial charge in [-0.1, -0.05) is 315 Å². The van der Waals surface area contributed by atoms with Crippen molar-refractivity contribution in [3.8, 4) is 0 Å². The molecule has 0 unspecified atom stereocenters. The fourth-order valence-corrected chi connectivity index (χ4v) is 16.9. The molecule has 1 saturated heterocycles. The average Bonchev–Trinajstić information content (AvgIpc) is 1.41. The Morgan fingerprint density at radius 2 is 0.678 bits per heavy atom. The van der Waals surface area contributed by atoms with Crippen LogP contribution in [-0.4, -0.2) is 72.1 Å². The normalized spacial score (nSPS) is 17.3. The highest BCUT2D eigenvalue weighted by Gasteiger charge is 2.52. The zero-order chi connectivity index (χ0) is 60.1. The summed E-state index contributed by atoms with van der Waals surface area (Å²) < 4.78 is 56.1. The molecule has 1 aliphatic rings. The highest BCUT2D eigenvalue weighted by atomic mass is 28.4. The quantitative estimate of drug-likeness (QED) is 0.0217.